The van der Waals surface area contributed by atoms with Gasteiger partial charge in [0.1, 0.15) is 0 Å². The Morgan fingerprint density at radius 2 is 1.79 bits per heavy atom. The van der Waals surface area contributed by atoms with Crippen molar-refractivity contribution in [2.24, 2.45) is 11.8 Å². The van der Waals surface area contributed by atoms with Gasteiger partial charge in [0.15, 0.2) is 0 Å². The van der Waals surface area contributed by atoms with E-state index in [0.29, 0.717) is 12.8 Å². The van der Waals surface area contributed by atoms with Gasteiger partial charge in [0, 0.05) is 5.41 Å². The van der Waals surface area contributed by atoms with Gasteiger partial charge < -0.3 is 9.47 Å². The van der Waals surface area contributed by atoms with Gasteiger partial charge in [-0.05, 0) is 24.0 Å². The van der Waals surface area contributed by atoms with E-state index in [1.807, 2.05) is 19.1 Å². The topological polar surface area (TPSA) is 86.7 Å². The van der Waals surface area contributed by atoms with Gasteiger partial charge in [-0.25, -0.2) is 0 Å². The van der Waals surface area contributed by atoms with Crippen LogP contribution in [0.5, 0.6) is 0 Å². The maximum atomic E-state index is 12.3. The highest BCUT2D eigenvalue weighted by Crippen LogP contribution is 2.55. The molecule has 124 valence electrons. The maximum absolute atomic E-state index is 12.3. The molecular weight excluding hydrogens is 312 g/mol. The second-order valence-corrected chi connectivity index (χ2v) is 6.68. The molecule has 2 fully saturated rings. The molecular formula is C18H16O6. The van der Waals surface area contributed by atoms with E-state index in [0.717, 1.165) is 11.1 Å². The number of hydrogen-bond acceptors (Lipinski definition) is 6. The van der Waals surface area contributed by atoms with Crippen molar-refractivity contribution in [3.8, 4) is 0 Å². The van der Waals surface area contributed by atoms with Crippen LogP contribution in [0, 0.1) is 11.8 Å². The fraction of sp³-hybridized carbons (Fsp3) is 0.444. The van der Waals surface area contributed by atoms with E-state index in [1.54, 1.807) is 12.1 Å². The number of cyclic esters (lactones) is 4. The summed E-state index contributed by atoms with van der Waals surface area (Å²) in [7, 11) is 0. The molecule has 24 heavy (non-hydrogen) atoms. The van der Waals surface area contributed by atoms with Gasteiger partial charge in [0.05, 0.1) is 24.2 Å². The van der Waals surface area contributed by atoms with Gasteiger partial charge in [0.2, 0.25) is 0 Å². The number of carbonyl (C=O) groups excluding carboxylic acids is 4. The molecule has 0 spiro atoms. The molecule has 1 aliphatic carbocycles. The molecule has 3 aliphatic rings. The number of rotatable bonds is 2. The molecule has 0 bridgehead atoms. The fourth-order valence-corrected chi connectivity index (χ4v) is 4.61. The van der Waals surface area contributed by atoms with E-state index in [9.17, 15) is 19.2 Å². The Labute approximate surface area is 138 Å². The molecule has 2 saturated heterocycles. The fourth-order valence-electron chi connectivity index (χ4n) is 4.61. The van der Waals surface area contributed by atoms with Crippen LogP contribution in [0.15, 0.2) is 24.3 Å². The largest absolute Gasteiger partial charge is 0.393 e. The lowest BCUT2D eigenvalue weighted by Gasteiger charge is -2.44. The van der Waals surface area contributed by atoms with E-state index in [1.165, 1.54) is 0 Å². The molecule has 4 atom stereocenters. The van der Waals surface area contributed by atoms with Crippen molar-refractivity contribution in [2.45, 2.75) is 37.5 Å². The summed E-state index contributed by atoms with van der Waals surface area (Å²) in [6.45, 7) is 1.93. The van der Waals surface area contributed by atoms with Gasteiger partial charge in [-0.3, -0.25) is 19.2 Å². The van der Waals surface area contributed by atoms with E-state index >= 15 is 0 Å². The number of esters is 4. The summed E-state index contributed by atoms with van der Waals surface area (Å²) in [6, 6.07) is 7.32. The summed E-state index contributed by atoms with van der Waals surface area (Å²) < 4.78 is 9.62. The van der Waals surface area contributed by atoms with Crippen LogP contribution in [0.25, 0.3) is 0 Å². The summed E-state index contributed by atoms with van der Waals surface area (Å²) in [4.78, 5) is 48.2. The zero-order chi connectivity index (χ0) is 17.1. The number of benzene rings is 1. The molecule has 0 amide bonds. The third kappa shape index (κ3) is 1.82. The smallest absolute Gasteiger partial charge is 0.321 e. The Morgan fingerprint density at radius 1 is 1.04 bits per heavy atom. The minimum absolute atomic E-state index is 0.00138. The number of ether oxygens (including phenoxy) is 2. The highest BCUT2D eigenvalue weighted by molar-refractivity contribution is 6.01. The zero-order valence-corrected chi connectivity index (χ0v) is 13.1. The van der Waals surface area contributed by atoms with Crippen molar-refractivity contribution in [2.75, 3.05) is 0 Å². The lowest BCUT2D eigenvalue weighted by atomic mass is 9.56. The summed E-state index contributed by atoms with van der Waals surface area (Å²) >= 11 is 0. The molecule has 2 aliphatic heterocycles. The van der Waals surface area contributed by atoms with Crippen LogP contribution in [0.1, 0.15) is 43.2 Å². The van der Waals surface area contributed by atoms with E-state index in [4.69, 9.17) is 9.47 Å². The standard InChI is InChI=1S/C18H16O6/c1-2-18(12-7-13(19)23-16(12)21)8-10-14(17(22)24-15(10)20)9-5-3-4-6-11(9)18/h3-6,10,12,14H,2,7-8H2,1H3. The minimum atomic E-state index is -0.704. The lowest BCUT2D eigenvalue weighted by molar-refractivity contribution is -0.156. The molecule has 0 N–H and O–H groups in total. The van der Waals surface area contributed by atoms with Gasteiger partial charge in [-0.1, -0.05) is 31.2 Å². The minimum Gasteiger partial charge on any atom is -0.393 e. The molecule has 4 unspecified atom stereocenters. The van der Waals surface area contributed by atoms with Crippen LogP contribution >= 0.6 is 0 Å². The first-order valence-corrected chi connectivity index (χ1v) is 8.07. The Hall–Kier alpha value is -2.50. The average Bonchev–Trinajstić information content (AvgIpc) is 3.05. The molecule has 1 aromatic rings. The molecule has 1 aromatic carbocycles. The predicted molar refractivity (Wildman–Crippen MR) is 79.6 cm³/mol. The first-order valence-electron chi connectivity index (χ1n) is 8.07. The molecule has 6 nitrogen and oxygen atoms in total. The Morgan fingerprint density at radius 3 is 2.46 bits per heavy atom. The zero-order valence-electron chi connectivity index (χ0n) is 13.1. The third-order valence-corrected chi connectivity index (χ3v) is 5.74. The average molecular weight is 328 g/mol. The molecule has 6 heteroatoms. The van der Waals surface area contributed by atoms with E-state index < -0.39 is 47.0 Å². The summed E-state index contributed by atoms with van der Waals surface area (Å²) in [6.07, 6.45) is 0.867. The summed E-state index contributed by atoms with van der Waals surface area (Å²) in [5.74, 6) is -4.05. The van der Waals surface area contributed by atoms with Crippen molar-refractivity contribution >= 4 is 23.9 Å². The maximum Gasteiger partial charge on any atom is 0.321 e. The molecule has 0 saturated carbocycles. The van der Waals surface area contributed by atoms with E-state index in [-0.39, 0.29) is 6.42 Å². The van der Waals surface area contributed by atoms with Crippen LogP contribution in [0.2, 0.25) is 0 Å². The Bertz CT molecular complexity index is 781. The molecule has 2 heterocycles. The molecule has 0 aromatic heterocycles. The molecule has 4 rings (SSSR count). The molecule has 0 radical (unpaired) electrons. The number of carbonyl (C=O) groups is 4. The van der Waals surface area contributed by atoms with Crippen LogP contribution < -0.4 is 0 Å². The van der Waals surface area contributed by atoms with Crippen molar-refractivity contribution in [3.05, 3.63) is 35.4 Å². The van der Waals surface area contributed by atoms with Gasteiger partial charge in [-0.15, -0.1) is 0 Å². The van der Waals surface area contributed by atoms with Gasteiger partial charge in [0.25, 0.3) is 0 Å². The first kappa shape index (κ1) is 15.1. The monoisotopic (exact) mass is 328 g/mol. The van der Waals surface area contributed by atoms with Crippen LogP contribution in [-0.4, -0.2) is 23.9 Å². The van der Waals surface area contributed by atoms with Crippen LogP contribution in [-0.2, 0) is 34.1 Å². The summed E-state index contributed by atoms with van der Waals surface area (Å²) in [5, 5.41) is 0. The Balaban J connectivity index is 1.92. The second-order valence-electron chi connectivity index (χ2n) is 6.68. The normalized spacial score (nSPS) is 34.6. The number of fused-ring (bicyclic) bond motifs is 3. The van der Waals surface area contributed by atoms with Crippen molar-refractivity contribution in [3.63, 3.8) is 0 Å². The highest BCUT2D eigenvalue weighted by atomic mass is 16.6. The van der Waals surface area contributed by atoms with Crippen molar-refractivity contribution in [1.29, 1.82) is 0 Å². The second kappa shape index (κ2) is 5.00. The van der Waals surface area contributed by atoms with Crippen LogP contribution in [0.3, 0.4) is 0 Å². The Kier molecular flexibility index (Phi) is 3.13. The van der Waals surface area contributed by atoms with Crippen LogP contribution in [0.4, 0.5) is 0 Å². The van der Waals surface area contributed by atoms with Crippen molar-refractivity contribution < 1.29 is 28.7 Å². The van der Waals surface area contributed by atoms with Gasteiger partial charge >= 0.3 is 23.9 Å². The number of hydrogen-bond donors (Lipinski definition) is 0. The van der Waals surface area contributed by atoms with E-state index in [2.05, 4.69) is 0 Å². The third-order valence-electron chi connectivity index (χ3n) is 5.74. The quantitative estimate of drug-likeness (QED) is 0.605. The van der Waals surface area contributed by atoms with Crippen molar-refractivity contribution in [1.82, 2.24) is 0 Å². The lowest BCUT2D eigenvalue weighted by Crippen LogP contribution is -2.45. The SMILES string of the molecule is CCC1(C2CC(=O)OC2=O)CC2C(=O)OC(=O)C2c2ccccc21. The predicted octanol–water partition coefficient (Wildman–Crippen LogP) is 1.61. The first-order chi connectivity index (χ1) is 11.5. The summed E-state index contributed by atoms with van der Waals surface area (Å²) in [5.41, 5.74) is 0.862. The highest BCUT2D eigenvalue weighted by Gasteiger charge is 2.59. The van der Waals surface area contributed by atoms with Gasteiger partial charge in [-0.2, -0.15) is 0 Å².